The molecule has 18 heavy (non-hydrogen) atoms. The maximum absolute atomic E-state index is 10.9. The van der Waals surface area contributed by atoms with Gasteiger partial charge in [0.25, 0.3) is 0 Å². The van der Waals surface area contributed by atoms with Crippen LogP contribution in [0, 0.1) is 0 Å². The highest BCUT2D eigenvalue weighted by atomic mass is 35.5. The van der Waals surface area contributed by atoms with Gasteiger partial charge in [0, 0.05) is 11.1 Å². The lowest BCUT2D eigenvalue weighted by molar-refractivity contribution is -0.141. The maximum Gasteiger partial charge on any atom is 0.308 e. The van der Waals surface area contributed by atoms with Crippen molar-refractivity contribution in [1.82, 2.24) is 0 Å². The van der Waals surface area contributed by atoms with Crippen molar-refractivity contribution >= 4 is 23.9 Å². The number of carbonyl (C=O) groups excluding carboxylic acids is 2. The maximum atomic E-state index is 10.9. The van der Waals surface area contributed by atoms with Crippen LogP contribution in [0.4, 0.5) is 0 Å². The van der Waals surface area contributed by atoms with Crippen LogP contribution in [0.25, 0.3) is 0 Å². The largest absolute Gasteiger partial charge is 0.493 e. The van der Waals surface area contributed by atoms with Gasteiger partial charge in [0.15, 0.2) is 17.8 Å². The average molecular weight is 273 g/mol. The summed E-state index contributed by atoms with van der Waals surface area (Å²) in [5.41, 5.74) is 0.268. The molecule has 0 radical (unpaired) electrons. The number of halogens is 1. The Hall–Kier alpha value is -1.75. The summed E-state index contributed by atoms with van der Waals surface area (Å²) in [5.74, 6) is 0.214. The predicted octanol–water partition coefficient (Wildman–Crippen LogP) is 2.10. The molecule has 0 atom stereocenters. The van der Waals surface area contributed by atoms with Gasteiger partial charge in [-0.25, -0.2) is 0 Å². The molecule has 0 aliphatic heterocycles. The molecule has 0 bridgehead atoms. The van der Waals surface area contributed by atoms with E-state index in [1.54, 1.807) is 0 Å². The van der Waals surface area contributed by atoms with Gasteiger partial charge in [-0.2, -0.15) is 0 Å². The number of benzene rings is 1. The summed E-state index contributed by atoms with van der Waals surface area (Å²) in [5, 5.41) is 0.370. The van der Waals surface area contributed by atoms with Gasteiger partial charge in [-0.05, 0) is 6.07 Å². The fourth-order valence-corrected chi connectivity index (χ4v) is 1.54. The van der Waals surface area contributed by atoms with Crippen molar-refractivity contribution in [3.05, 3.63) is 22.7 Å². The molecule has 1 aromatic rings. The zero-order chi connectivity index (χ0) is 13.5. The van der Waals surface area contributed by atoms with Crippen molar-refractivity contribution in [2.45, 2.75) is 6.42 Å². The fourth-order valence-electron chi connectivity index (χ4n) is 1.32. The van der Waals surface area contributed by atoms with E-state index < -0.39 is 5.97 Å². The first-order valence-corrected chi connectivity index (χ1v) is 5.52. The number of hydrogen-bond acceptors (Lipinski definition) is 5. The molecule has 0 aliphatic carbocycles. The lowest BCUT2D eigenvalue weighted by Crippen LogP contribution is -2.09. The topological polar surface area (TPSA) is 61.8 Å². The van der Waals surface area contributed by atoms with E-state index in [2.05, 4.69) is 4.74 Å². The van der Waals surface area contributed by atoms with Crippen molar-refractivity contribution in [3.63, 3.8) is 0 Å². The van der Waals surface area contributed by atoms with Crippen LogP contribution in [-0.2, 0) is 9.53 Å². The zero-order valence-corrected chi connectivity index (χ0v) is 10.8. The quantitative estimate of drug-likeness (QED) is 0.586. The number of rotatable bonds is 6. The molecule has 0 saturated heterocycles. The van der Waals surface area contributed by atoms with Crippen LogP contribution < -0.4 is 9.47 Å². The first-order valence-electron chi connectivity index (χ1n) is 5.14. The number of ether oxygens (including phenoxy) is 3. The van der Waals surface area contributed by atoms with E-state index in [-0.39, 0.29) is 24.3 Å². The van der Waals surface area contributed by atoms with Crippen molar-refractivity contribution in [1.29, 1.82) is 0 Å². The molecule has 0 unspecified atom stereocenters. The zero-order valence-electron chi connectivity index (χ0n) is 10.1. The Bertz CT molecular complexity index is 444. The third kappa shape index (κ3) is 3.63. The van der Waals surface area contributed by atoms with E-state index in [1.165, 1.54) is 26.4 Å². The standard InChI is InChI=1S/C12H13ClO5/c1-16-10-6-9(13)5-8(7-14)12(10)18-4-3-11(15)17-2/h5-7H,3-4H2,1-2H3. The third-order valence-electron chi connectivity index (χ3n) is 2.18. The van der Waals surface area contributed by atoms with Gasteiger partial charge in [0.2, 0.25) is 0 Å². The molecule has 6 heteroatoms. The number of hydrogen-bond donors (Lipinski definition) is 0. The second kappa shape index (κ2) is 6.86. The minimum Gasteiger partial charge on any atom is -0.493 e. The first kappa shape index (κ1) is 14.3. The molecule has 5 nitrogen and oxygen atoms in total. The van der Waals surface area contributed by atoms with Gasteiger partial charge in [-0.3, -0.25) is 9.59 Å². The molecule has 0 spiro atoms. The van der Waals surface area contributed by atoms with E-state index >= 15 is 0 Å². The second-order valence-corrected chi connectivity index (χ2v) is 3.76. The second-order valence-electron chi connectivity index (χ2n) is 3.32. The highest BCUT2D eigenvalue weighted by molar-refractivity contribution is 6.31. The highest BCUT2D eigenvalue weighted by Crippen LogP contribution is 2.33. The predicted molar refractivity (Wildman–Crippen MR) is 65.5 cm³/mol. The van der Waals surface area contributed by atoms with Crippen molar-refractivity contribution in [2.24, 2.45) is 0 Å². The van der Waals surface area contributed by atoms with Gasteiger partial charge in [0.05, 0.1) is 32.8 Å². The Morgan fingerprint density at radius 3 is 2.67 bits per heavy atom. The molecular weight excluding hydrogens is 260 g/mol. The van der Waals surface area contributed by atoms with Crippen LogP contribution in [0.3, 0.4) is 0 Å². The molecule has 0 aromatic heterocycles. The molecule has 0 amide bonds. The first-order chi connectivity index (χ1) is 8.62. The van der Waals surface area contributed by atoms with Gasteiger partial charge in [-0.15, -0.1) is 0 Å². The number of aldehydes is 1. The Kier molecular flexibility index (Phi) is 5.45. The van der Waals surface area contributed by atoms with Crippen LogP contribution >= 0.6 is 11.6 Å². The fraction of sp³-hybridized carbons (Fsp3) is 0.333. The minimum atomic E-state index is -0.393. The van der Waals surface area contributed by atoms with Crippen LogP contribution in [-0.4, -0.2) is 33.1 Å². The van der Waals surface area contributed by atoms with Crippen LogP contribution in [0.15, 0.2) is 12.1 Å². The Morgan fingerprint density at radius 1 is 1.39 bits per heavy atom. The molecular formula is C12H13ClO5. The summed E-state index contributed by atoms with van der Waals surface area (Å²) in [6, 6.07) is 2.99. The Morgan fingerprint density at radius 2 is 2.11 bits per heavy atom. The van der Waals surface area contributed by atoms with Gasteiger partial charge < -0.3 is 14.2 Å². The van der Waals surface area contributed by atoms with E-state index in [1.807, 2.05) is 0 Å². The summed E-state index contributed by atoms with van der Waals surface area (Å²) in [6.07, 6.45) is 0.697. The average Bonchev–Trinajstić information content (AvgIpc) is 2.39. The molecule has 0 saturated carbocycles. The minimum absolute atomic E-state index is 0.0839. The lowest BCUT2D eigenvalue weighted by atomic mass is 10.2. The molecule has 0 aliphatic rings. The van der Waals surface area contributed by atoms with Gasteiger partial charge >= 0.3 is 5.97 Å². The van der Waals surface area contributed by atoms with Crippen LogP contribution in [0.1, 0.15) is 16.8 Å². The number of carbonyl (C=O) groups is 2. The normalized spacial score (nSPS) is 9.72. The van der Waals surface area contributed by atoms with Gasteiger partial charge in [0.1, 0.15) is 0 Å². The van der Waals surface area contributed by atoms with Crippen molar-refractivity contribution < 1.29 is 23.8 Å². The molecule has 0 N–H and O–H groups in total. The van der Waals surface area contributed by atoms with Crippen LogP contribution in [0.5, 0.6) is 11.5 Å². The summed E-state index contributed by atoms with van der Waals surface area (Å²) < 4.78 is 14.9. The molecule has 1 rings (SSSR count). The SMILES string of the molecule is COC(=O)CCOc1c(C=O)cc(Cl)cc1OC. The number of methoxy groups -OCH3 is 2. The van der Waals surface area contributed by atoms with Crippen molar-refractivity contribution in [3.8, 4) is 11.5 Å². The van der Waals surface area contributed by atoms with Crippen LogP contribution in [0.2, 0.25) is 5.02 Å². The van der Waals surface area contributed by atoms with E-state index in [0.29, 0.717) is 17.1 Å². The molecule has 98 valence electrons. The van der Waals surface area contributed by atoms with E-state index in [0.717, 1.165) is 0 Å². The summed E-state index contributed by atoms with van der Waals surface area (Å²) >= 11 is 5.82. The van der Waals surface area contributed by atoms with Gasteiger partial charge in [-0.1, -0.05) is 11.6 Å². The lowest BCUT2D eigenvalue weighted by Gasteiger charge is -2.12. The molecule has 0 heterocycles. The monoisotopic (exact) mass is 272 g/mol. The third-order valence-corrected chi connectivity index (χ3v) is 2.39. The molecule has 0 fully saturated rings. The smallest absolute Gasteiger partial charge is 0.308 e. The summed E-state index contributed by atoms with van der Waals surface area (Å²) in [6.45, 7) is 0.0888. The Labute approximate surface area is 110 Å². The summed E-state index contributed by atoms with van der Waals surface area (Å²) in [4.78, 5) is 21.9. The Balaban J connectivity index is 2.85. The van der Waals surface area contributed by atoms with Crippen molar-refractivity contribution in [2.75, 3.05) is 20.8 Å². The number of esters is 1. The van der Waals surface area contributed by atoms with E-state index in [4.69, 9.17) is 21.1 Å². The summed E-state index contributed by atoms with van der Waals surface area (Å²) in [7, 11) is 2.73. The van der Waals surface area contributed by atoms with E-state index in [9.17, 15) is 9.59 Å². The highest BCUT2D eigenvalue weighted by Gasteiger charge is 2.13. The molecule has 1 aromatic carbocycles.